The molecule has 3 aromatic rings. The Morgan fingerprint density at radius 2 is 1.94 bits per heavy atom. The summed E-state index contributed by atoms with van der Waals surface area (Å²) < 4.78 is 12.0. The van der Waals surface area contributed by atoms with Gasteiger partial charge in [-0.05, 0) is 42.5 Å². The van der Waals surface area contributed by atoms with Crippen LogP contribution in [0, 0.1) is 0 Å². The predicted molar refractivity (Wildman–Crippen MR) is 125 cm³/mol. The molecule has 1 amide bonds. The SMILES string of the molecule is COc1ccc(/C=C/C(=O)Nc2cc(C3CC3)nn2-c2nc(C(C)C)cc(=O)[nH]2)cc1OC. The summed E-state index contributed by atoms with van der Waals surface area (Å²) in [6, 6.07) is 8.69. The van der Waals surface area contributed by atoms with Gasteiger partial charge in [0, 0.05) is 24.1 Å². The smallest absolute Gasteiger partial charge is 0.252 e. The van der Waals surface area contributed by atoms with E-state index in [4.69, 9.17) is 9.47 Å². The Hall–Kier alpha value is -3.88. The summed E-state index contributed by atoms with van der Waals surface area (Å²) in [7, 11) is 3.13. The molecule has 2 aromatic heterocycles. The van der Waals surface area contributed by atoms with Crippen LogP contribution in [-0.2, 0) is 4.79 Å². The number of anilines is 1. The van der Waals surface area contributed by atoms with Gasteiger partial charge in [0.05, 0.1) is 25.6 Å². The summed E-state index contributed by atoms with van der Waals surface area (Å²) in [5.41, 5.74) is 2.04. The number of methoxy groups -OCH3 is 2. The Morgan fingerprint density at radius 1 is 1.18 bits per heavy atom. The molecule has 1 aliphatic rings. The molecule has 0 bridgehead atoms. The van der Waals surface area contributed by atoms with Crippen molar-refractivity contribution in [1.29, 1.82) is 0 Å². The van der Waals surface area contributed by atoms with E-state index in [1.54, 1.807) is 32.4 Å². The highest BCUT2D eigenvalue weighted by atomic mass is 16.5. The van der Waals surface area contributed by atoms with Crippen LogP contribution in [0.15, 0.2) is 41.2 Å². The Bertz CT molecular complexity index is 1250. The first-order chi connectivity index (χ1) is 15.9. The van der Waals surface area contributed by atoms with Crippen LogP contribution in [0.3, 0.4) is 0 Å². The van der Waals surface area contributed by atoms with Crippen LogP contribution in [0.1, 0.15) is 55.5 Å². The topological polar surface area (TPSA) is 111 Å². The molecule has 0 radical (unpaired) electrons. The molecule has 9 heteroatoms. The molecule has 0 unspecified atom stereocenters. The van der Waals surface area contributed by atoms with E-state index >= 15 is 0 Å². The van der Waals surface area contributed by atoms with Crippen LogP contribution >= 0.6 is 0 Å². The Kier molecular flexibility index (Phi) is 6.30. The summed E-state index contributed by atoms with van der Waals surface area (Å²) in [6.45, 7) is 3.93. The van der Waals surface area contributed by atoms with Gasteiger partial charge in [0.2, 0.25) is 11.9 Å². The van der Waals surface area contributed by atoms with Crippen molar-refractivity contribution in [1.82, 2.24) is 19.7 Å². The average molecular weight is 450 g/mol. The van der Waals surface area contributed by atoms with E-state index in [9.17, 15) is 9.59 Å². The molecule has 4 rings (SSSR count). The Labute approximate surface area is 191 Å². The average Bonchev–Trinajstić information content (AvgIpc) is 3.57. The third-order valence-corrected chi connectivity index (χ3v) is 5.35. The molecule has 1 saturated carbocycles. The number of nitrogens with one attached hydrogen (secondary N) is 2. The lowest BCUT2D eigenvalue weighted by Crippen LogP contribution is -2.18. The number of hydrogen-bond acceptors (Lipinski definition) is 6. The number of carbonyl (C=O) groups excluding carboxylic acids is 1. The first-order valence-electron chi connectivity index (χ1n) is 10.8. The number of hydrogen-bond donors (Lipinski definition) is 2. The Balaban J connectivity index is 1.60. The molecule has 2 heterocycles. The summed E-state index contributed by atoms with van der Waals surface area (Å²) in [6.07, 6.45) is 5.22. The van der Waals surface area contributed by atoms with Gasteiger partial charge in [-0.25, -0.2) is 4.98 Å². The Morgan fingerprint density at radius 3 is 2.61 bits per heavy atom. The minimum atomic E-state index is -0.337. The maximum Gasteiger partial charge on any atom is 0.252 e. The zero-order valence-electron chi connectivity index (χ0n) is 19.1. The highest BCUT2D eigenvalue weighted by Gasteiger charge is 2.28. The molecule has 0 atom stereocenters. The number of carbonyl (C=O) groups is 1. The van der Waals surface area contributed by atoms with Crippen molar-refractivity contribution in [2.75, 3.05) is 19.5 Å². The predicted octanol–water partition coefficient (Wildman–Crippen LogP) is 3.63. The lowest BCUT2D eigenvalue weighted by atomic mass is 10.1. The minimum Gasteiger partial charge on any atom is -0.493 e. The van der Waals surface area contributed by atoms with Gasteiger partial charge in [-0.15, -0.1) is 0 Å². The van der Waals surface area contributed by atoms with Crippen molar-refractivity contribution in [2.24, 2.45) is 0 Å². The molecular formula is C24H27N5O4. The van der Waals surface area contributed by atoms with Gasteiger partial charge in [0.1, 0.15) is 5.82 Å². The van der Waals surface area contributed by atoms with E-state index in [1.165, 1.54) is 16.8 Å². The molecule has 1 fully saturated rings. The molecule has 9 nitrogen and oxygen atoms in total. The highest BCUT2D eigenvalue weighted by Crippen LogP contribution is 2.40. The number of aromatic nitrogens is 4. The summed E-state index contributed by atoms with van der Waals surface area (Å²) in [5, 5.41) is 7.47. The molecule has 172 valence electrons. The summed E-state index contributed by atoms with van der Waals surface area (Å²) in [4.78, 5) is 32.1. The number of aromatic amines is 1. The fourth-order valence-electron chi connectivity index (χ4n) is 3.38. The van der Waals surface area contributed by atoms with Gasteiger partial charge in [0.15, 0.2) is 11.5 Å². The van der Waals surface area contributed by atoms with Crippen molar-refractivity contribution in [2.45, 2.75) is 38.5 Å². The van der Waals surface area contributed by atoms with Crippen molar-refractivity contribution < 1.29 is 14.3 Å². The van der Waals surface area contributed by atoms with Crippen LogP contribution in [0.5, 0.6) is 11.5 Å². The standard InChI is InChI=1S/C24H27N5O4/c1-14(2)17-13-23(31)27-24(25-17)29-21(12-18(28-29)16-7-8-16)26-22(30)10-6-15-5-9-19(32-3)20(11-15)33-4/h5-6,9-14,16H,7-8H2,1-4H3,(H,26,30)(H,25,27,31)/b10-6+. The molecule has 33 heavy (non-hydrogen) atoms. The number of nitrogens with zero attached hydrogens (tertiary/aromatic N) is 3. The minimum absolute atomic E-state index is 0.0759. The summed E-state index contributed by atoms with van der Waals surface area (Å²) >= 11 is 0. The van der Waals surface area contributed by atoms with Crippen LogP contribution in [-0.4, -0.2) is 39.9 Å². The zero-order chi connectivity index (χ0) is 23.5. The molecule has 0 saturated heterocycles. The molecule has 1 aromatic carbocycles. The molecular weight excluding hydrogens is 422 g/mol. The van der Waals surface area contributed by atoms with Crippen LogP contribution in [0.25, 0.3) is 12.0 Å². The van der Waals surface area contributed by atoms with E-state index in [1.807, 2.05) is 26.0 Å². The monoisotopic (exact) mass is 449 g/mol. The molecule has 0 spiro atoms. The third kappa shape index (κ3) is 5.14. The lowest BCUT2D eigenvalue weighted by molar-refractivity contribution is -0.111. The maximum atomic E-state index is 12.7. The van der Waals surface area contributed by atoms with Gasteiger partial charge >= 0.3 is 0 Å². The van der Waals surface area contributed by atoms with E-state index in [-0.39, 0.29) is 23.3 Å². The van der Waals surface area contributed by atoms with E-state index in [0.717, 1.165) is 24.1 Å². The molecule has 2 N–H and O–H groups in total. The first kappa shape index (κ1) is 22.3. The largest absolute Gasteiger partial charge is 0.493 e. The fraction of sp³-hybridized carbons (Fsp3) is 0.333. The number of H-pyrrole nitrogens is 1. The van der Waals surface area contributed by atoms with Gasteiger partial charge in [-0.2, -0.15) is 9.78 Å². The van der Waals surface area contributed by atoms with E-state index in [2.05, 4.69) is 20.4 Å². The maximum absolute atomic E-state index is 12.7. The second kappa shape index (κ2) is 9.32. The lowest BCUT2D eigenvalue weighted by Gasteiger charge is -2.09. The van der Waals surface area contributed by atoms with Gasteiger partial charge in [-0.1, -0.05) is 19.9 Å². The quantitative estimate of drug-likeness (QED) is 0.508. The van der Waals surface area contributed by atoms with Gasteiger partial charge in [0.25, 0.3) is 5.56 Å². The molecule has 0 aliphatic heterocycles. The van der Waals surface area contributed by atoms with Crippen molar-refractivity contribution in [3.8, 4) is 17.4 Å². The van der Waals surface area contributed by atoms with Crippen molar-refractivity contribution in [3.05, 3.63) is 63.7 Å². The zero-order valence-corrected chi connectivity index (χ0v) is 19.1. The van der Waals surface area contributed by atoms with Crippen LogP contribution in [0.4, 0.5) is 5.82 Å². The third-order valence-electron chi connectivity index (χ3n) is 5.35. The van der Waals surface area contributed by atoms with E-state index < -0.39 is 0 Å². The number of ether oxygens (including phenoxy) is 2. The van der Waals surface area contributed by atoms with Crippen molar-refractivity contribution >= 4 is 17.8 Å². The fourth-order valence-corrected chi connectivity index (χ4v) is 3.38. The van der Waals surface area contributed by atoms with Gasteiger partial charge < -0.3 is 14.8 Å². The molecule has 1 aliphatic carbocycles. The van der Waals surface area contributed by atoms with E-state index in [0.29, 0.717) is 28.9 Å². The van der Waals surface area contributed by atoms with Crippen LogP contribution < -0.4 is 20.3 Å². The highest BCUT2D eigenvalue weighted by molar-refractivity contribution is 6.01. The van der Waals surface area contributed by atoms with Crippen molar-refractivity contribution in [3.63, 3.8) is 0 Å². The first-order valence-corrected chi connectivity index (χ1v) is 10.8. The number of amides is 1. The second-order valence-electron chi connectivity index (χ2n) is 8.23. The normalized spacial score (nSPS) is 13.5. The summed E-state index contributed by atoms with van der Waals surface area (Å²) in [5.74, 6) is 2.01. The van der Waals surface area contributed by atoms with Crippen LogP contribution in [0.2, 0.25) is 0 Å². The number of rotatable bonds is 8. The number of benzene rings is 1. The van der Waals surface area contributed by atoms with Gasteiger partial charge in [-0.3, -0.25) is 14.6 Å². The second-order valence-corrected chi connectivity index (χ2v) is 8.23.